The summed E-state index contributed by atoms with van der Waals surface area (Å²) in [5, 5.41) is 10.4. The van der Waals surface area contributed by atoms with Gasteiger partial charge in [0.1, 0.15) is 11.6 Å². The molecule has 2 N–H and O–H groups in total. The number of carbonyl (C=O) groups excluding carboxylic acids is 1. The average Bonchev–Trinajstić information content (AvgIpc) is 3.17. The van der Waals surface area contributed by atoms with Crippen molar-refractivity contribution < 1.29 is 13.6 Å². The Kier molecular flexibility index (Phi) is 7.07. The summed E-state index contributed by atoms with van der Waals surface area (Å²) in [6.45, 7) is 1.65. The summed E-state index contributed by atoms with van der Waals surface area (Å²) in [6, 6.07) is 10.1. The van der Waals surface area contributed by atoms with E-state index in [9.17, 15) is 13.6 Å². The first kappa shape index (κ1) is 22.2. The molecule has 2 aromatic carbocycles. The minimum Gasteiger partial charge on any atom is -0.322 e. The molecule has 1 aliphatic rings. The summed E-state index contributed by atoms with van der Waals surface area (Å²) in [7, 11) is 0. The highest BCUT2D eigenvalue weighted by Crippen LogP contribution is 2.31. The van der Waals surface area contributed by atoms with Gasteiger partial charge in [0.2, 0.25) is 0 Å². The SMILES string of the molecule is Cl.O=C(Nc1ccc(F)c(Cl)c1)c1cnn(-c2cccc(F)c2)c1C1CCNCC1. The third-order valence-corrected chi connectivity index (χ3v) is 5.30. The maximum Gasteiger partial charge on any atom is 0.259 e. The lowest BCUT2D eigenvalue weighted by Crippen LogP contribution is -2.29. The van der Waals surface area contributed by atoms with Crippen molar-refractivity contribution >= 4 is 35.6 Å². The van der Waals surface area contributed by atoms with Crippen LogP contribution in [0.3, 0.4) is 0 Å². The highest BCUT2D eigenvalue weighted by molar-refractivity contribution is 6.31. The summed E-state index contributed by atoms with van der Waals surface area (Å²) >= 11 is 5.81. The van der Waals surface area contributed by atoms with E-state index >= 15 is 0 Å². The monoisotopic (exact) mass is 452 g/mol. The summed E-state index contributed by atoms with van der Waals surface area (Å²) in [5.74, 6) is -1.20. The number of benzene rings is 2. The number of halogens is 4. The van der Waals surface area contributed by atoms with Crippen LogP contribution in [0.1, 0.15) is 34.8 Å². The molecule has 0 atom stereocenters. The molecular weight excluding hydrogens is 433 g/mol. The van der Waals surface area contributed by atoms with Gasteiger partial charge in [-0.2, -0.15) is 5.10 Å². The van der Waals surface area contributed by atoms with E-state index in [0.717, 1.165) is 31.6 Å². The molecule has 4 rings (SSSR count). The predicted molar refractivity (Wildman–Crippen MR) is 115 cm³/mol. The van der Waals surface area contributed by atoms with E-state index in [0.29, 0.717) is 16.9 Å². The summed E-state index contributed by atoms with van der Waals surface area (Å²) in [6.07, 6.45) is 3.16. The number of anilines is 1. The molecule has 5 nitrogen and oxygen atoms in total. The predicted octanol–water partition coefficient (Wildman–Crippen LogP) is 4.95. The van der Waals surface area contributed by atoms with Crippen molar-refractivity contribution in [3.8, 4) is 5.69 Å². The Hall–Kier alpha value is -2.48. The zero-order valence-corrected chi connectivity index (χ0v) is 17.4. The van der Waals surface area contributed by atoms with E-state index in [1.54, 1.807) is 16.8 Å². The Balaban J connectivity index is 0.00000256. The highest BCUT2D eigenvalue weighted by Gasteiger charge is 2.27. The molecule has 1 saturated heterocycles. The van der Waals surface area contributed by atoms with Crippen molar-refractivity contribution in [3.63, 3.8) is 0 Å². The van der Waals surface area contributed by atoms with E-state index in [1.807, 2.05) is 0 Å². The van der Waals surface area contributed by atoms with E-state index in [1.165, 1.54) is 36.5 Å². The maximum atomic E-state index is 13.8. The number of aromatic nitrogens is 2. The first-order valence-corrected chi connectivity index (χ1v) is 9.71. The molecule has 1 aliphatic heterocycles. The molecule has 0 radical (unpaired) electrons. The van der Waals surface area contributed by atoms with Crippen LogP contribution in [-0.4, -0.2) is 28.8 Å². The van der Waals surface area contributed by atoms with Gasteiger partial charge in [0.25, 0.3) is 5.91 Å². The van der Waals surface area contributed by atoms with Gasteiger partial charge in [0, 0.05) is 11.6 Å². The van der Waals surface area contributed by atoms with Crippen molar-refractivity contribution in [3.05, 3.63) is 76.6 Å². The summed E-state index contributed by atoms with van der Waals surface area (Å²) in [4.78, 5) is 13.0. The fourth-order valence-electron chi connectivity index (χ4n) is 3.61. The first-order valence-electron chi connectivity index (χ1n) is 9.34. The van der Waals surface area contributed by atoms with Crippen LogP contribution in [0.25, 0.3) is 5.69 Å². The molecule has 1 fully saturated rings. The smallest absolute Gasteiger partial charge is 0.259 e. The Morgan fingerprint density at radius 3 is 2.63 bits per heavy atom. The average molecular weight is 453 g/mol. The summed E-state index contributed by atoms with van der Waals surface area (Å²) in [5.41, 5.74) is 2.09. The topological polar surface area (TPSA) is 59.0 Å². The first-order chi connectivity index (χ1) is 14.0. The van der Waals surface area contributed by atoms with Crippen molar-refractivity contribution in [1.29, 1.82) is 0 Å². The van der Waals surface area contributed by atoms with E-state index < -0.39 is 5.82 Å². The molecule has 0 aliphatic carbocycles. The lowest BCUT2D eigenvalue weighted by molar-refractivity contribution is 0.102. The van der Waals surface area contributed by atoms with Gasteiger partial charge in [0.05, 0.1) is 28.2 Å². The normalized spacial score (nSPS) is 14.2. The van der Waals surface area contributed by atoms with Gasteiger partial charge in [-0.25, -0.2) is 13.5 Å². The molecule has 3 aromatic rings. The van der Waals surface area contributed by atoms with Gasteiger partial charge in [0.15, 0.2) is 0 Å². The van der Waals surface area contributed by atoms with Crippen molar-refractivity contribution in [2.75, 3.05) is 18.4 Å². The molecule has 158 valence electrons. The van der Waals surface area contributed by atoms with Crippen molar-refractivity contribution in [2.24, 2.45) is 0 Å². The zero-order valence-electron chi connectivity index (χ0n) is 15.9. The summed E-state index contributed by atoms with van der Waals surface area (Å²) < 4.78 is 28.8. The molecular formula is C21H20Cl2F2N4O. The fourth-order valence-corrected chi connectivity index (χ4v) is 3.79. The number of hydrogen-bond acceptors (Lipinski definition) is 3. The fraction of sp³-hybridized carbons (Fsp3) is 0.238. The van der Waals surface area contributed by atoms with E-state index in [-0.39, 0.29) is 35.1 Å². The standard InChI is InChI=1S/C21H19ClF2N4O.ClH/c22-18-11-15(4-5-19(18)24)27-21(29)17-12-26-28(16-3-1-2-14(23)10-16)20(17)13-6-8-25-9-7-13;/h1-5,10-13,25H,6-9H2,(H,27,29);1H. The molecule has 0 saturated carbocycles. The van der Waals surface area contributed by atoms with E-state index in [4.69, 9.17) is 11.6 Å². The third-order valence-electron chi connectivity index (χ3n) is 5.01. The molecule has 9 heteroatoms. The van der Waals surface area contributed by atoms with Crippen molar-refractivity contribution in [2.45, 2.75) is 18.8 Å². The van der Waals surface area contributed by atoms with Crippen LogP contribution < -0.4 is 10.6 Å². The van der Waals surface area contributed by atoms with Crippen LogP contribution in [0.2, 0.25) is 5.02 Å². The van der Waals surface area contributed by atoms with Gasteiger partial charge in [-0.05, 0) is 62.3 Å². The molecule has 0 spiro atoms. The Bertz CT molecular complexity index is 1050. The molecule has 2 heterocycles. The van der Waals surface area contributed by atoms with Gasteiger partial charge < -0.3 is 10.6 Å². The van der Waals surface area contributed by atoms with Gasteiger partial charge in [-0.1, -0.05) is 17.7 Å². The second-order valence-corrected chi connectivity index (χ2v) is 7.35. The minimum atomic E-state index is -0.556. The lowest BCUT2D eigenvalue weighted by Gasteiger charge is -2.24. The van der Waals surface area contributed by atoms with Crippen LogP contribution in [0, 0.1) is 11.6 Å². The number of amides is 1. The quantitative estimate of drug-likeness (QED) is 0.588. The lowest BCUT2D eigenvalue weighted by atomic mass is 9.91. The highest BCUT2D eigenvalue weighted by atomic mass is 35.5. The van der Waals surface area contributed by atoms with Gasteiger partial charge >= 0.3 is 0 Å². The number of rotatable bonds is 4. The number of hydrogen-bond donors (Lipinski definition) is 2. The number of nitrogens with one attached hydrogen (secondary N) is 2. The number of nitrogens with zero attached hydrogens (tertiary/aromatic N) is 2. The maximum absolute atomic E-state index is 13.8. The van der Waals surface area contributed by atoms with Crippen LogP contribution in [0.5, 0.6) is 0 Å². The second-order valence-electron chi connectivity index (χ2n) is 6.94. The van der Waals surface area contributed by atoms with Gasteiger partial charge in [-0.15, -0.1) is 12.4 Å². The molecule has 1 amide bonds. The minimum absolute atomic E-state index is 0. The van der Waals surface area contributed by atoms with Crippen LogP contribution in [0.15, 0.2) is 48.7 Å². The van der Waals surface area contributed by atoms with E-state index in [2.05, 4.69) is 15.7 Å². The largest absolute Gasteiger partial charge is 0.322 e. The third kappa shape index (κ3) is 4.64. The van der Waals surface area contributed by atoms with Crippen LogP contribution in [-0.2, 0) is 0 Å². The Morgan fingerprint density at radius 2 is 1.93 bits per heavy atom. The Morgan fingerprint density at radius 1 is 1.17 bits per heavy atom. The molecule has 1 aromatic heterocycles. The molecule has 0 bridgehead atoms. The number of piperidine rings is 1. The second kappa shape index (κ2) is 9.55. The van der Waals surface area contributed by atoms with Crippen LogP contribution >= 0.6 is 24.0 Å². The van der Waals surface area contributed by atoms with Crippen LogP contribution in [0.4, 0.5) is 14.5 Å². The molecule has 0 unspecified atom stereocenters. The number of carbonyl (C=O) groups is 1. The van der Waals surface area contributed by atoms with Crippen molar-refractivity contribution in [1.82, 2.24) is 15.1 Å². The zero-order chi connectivity index (χ0) is 20.4. The Labute approximate surface area is 183 Å². The molecule has 30 heavy (non-hydrogen) atoms. The van der Waals surface area contributed by atoms with Gasteiger partial charge in [-0.3, -0.25) is 4.79 Å².